The highest BCUT2D eigenvalue weighted by Crippen LogP contribution is 2.29. The zero-order valence-corrected chi connectivity index (χ0v) is 17.1. The molecule has 142 valence electrons. The second kappa shape index (κ2) is 9.21. The molecule has 2 heterocycles. The van der Waals surface area contributed by atoms with Crippen LogP contribution in [0.4, 0.5) is 9.52 Å². The summed E-state index contributed by atoms with van der Waals surface area (Å²) in [4.78, 5) is 21.6. The lowest BCUT2D eigenvalue weighted by atomic mass is 10.3. The molecule has 3 aromatic rings. The molecule has 0 fully saturated rings. The summed E-state index contributed by atoms with van der Waals surface area (Å²) in [5.41, 5.74) is 0.714. The van der Waals surface area contributed by atoms with Gasteiger partial charge in [-0.1, -0.05) is 17.4 Å². The Balaban J connectivity index is 1.86. The zero-order valence-electron chi connectivity index (χ0n) is 15.4. The fourth-order valence-corrected chi connectivity index (χ4v) is 4.44. The monoisotopic (exact) mass is 404 g/mol. The van der Waals surface area contributed by atoms with Crippen molar-refractivity contribution in [2.45, 2.75) is 13.8 Å². The van der Waals surface area contributed by atoms with Crippen molar-refractivity contribution >= 4 is 50.0 Å². The molecule has 0 saturated carbocycles. The summed E-state index contributed by atoms with van der Waals surface area (Å²) in [6.45, 7) is 7.72. The van der Waals surface area contributed by atoms with Gasteiger partial charge in [-0.15, -0.1) is 11.3 Å². The number of hydrogen-bond acceptors (Lipinski definition) is 4. The van der Waals surface area contributed by atoms with Gasteiger partial charge in [0, 0.05) is 11.0 Å². The molecule has 0 bridgehead atoms. The zero-order chi connectivity index (χ0) is 19.2. The van der Waals surface area contributed by atoms with Crippen molar-refractivity contribution in [1.82, 2.24) is 4.98 Å². The highest BCUT2D eigenvalue weighted by atomic mass is 32.1. The second-order valence-electron chi connectivity index (χ2n) is 6.15. The van der Waals surface area contributed by atoms with Crippen LogP contribution in [-0.4, -0.2) is 37.1 Å². The van der Waals surface area contributed by atoms with Gasteiger partial charge in [0.15, 0.2) is 5.13 Å². The van der Waals surface area contributed by atoms with Crippen molar-refractivity contribution < 1.29 is 14.1 Å². The number of quaternary nitrogens is 1. The van der Waals surface area contributed by atoms with Crippen molar-refractivity contribution in [1.29, 1.82) is 0 Å². The lowest BCUT2D eigenvalue weighted by molar-refractivity contribution is -0.894. The molecule has 0 atom stereocenters. The maximum Gasteiger partial charge on any atom is 0.253 e. The molecule has 27 heavy (non-hydrogen) atoms. The van der Waals surface area contributed by atoms with E-state index in [9.17, 15) is 9.18 Å². The first kappa shape index (κ1) is 19.7. The first-order valence-corrected chi connectivity index (χ1v) is 10.7. The number of carbonyl (C=O) groups is 1. The highest BCUT2D eigenvalue weighted by Gasteiger charge is 2.20. The molecule has 0 aliphatic rings. The fraction of sp³-hybridized carbons (Fsp3) is 0.300. The lowest BCUT2D eigenvalue weighted by Crippen LogP contribution is -3.12. The van der Waals surface area contributed by atoms with Crippen molar-refractivity contribution in [3.63, 3.8) is 0 Å². The van der Waals surface area contributed by atoms with E-state index in [1.165, 1.54) is 28.4 Å². The number of carbonyl (C=O) groups excluding carboxylic acids is 1. The van der Waals surface area contributed by atoms with Gasteiger partial charge in [0.2, 0.25) is 0 Å². The van der Waals surface area contributed by atoms with E-state index in [-0.39, 0.29) is 11.7 Å². The molecule has 4 nitrogen and oxygen atoms in total. The van der Waals surface area contributed by atoms with Crippen LogP contribution in [0, 0.1) is 5.82 Å². The Morgan fingerprint density at radius 2 is 2.11 bits per heavy atom. The molecule has 0 aliphatic heterocycles. The van der Waals surface area contributed by atoms with Gasteiger partial charge in [0.25, 0.3) is 5.91 Å². The number of benzene rings is 1. The van der Waals surface area contributed by atoms with Crippen LogP contribution < -0.4 is 9.80 Å². The summed E-state index contributed by atoms with van der Waals surface area (Å²) in [6.07, 6.45) is 3.42. The molecule has 2 aromatic heterocycles. The van der Waals surface area contributed by atoms with Crippen LogP contribution in [-0.2, 0) is 4.79 Å². The van der Waals surface area contributed by atoms with Gasteiger partial charge >= 0.3 is 0 Å². The summed E-state index contributed by atoms with van der Waals surface area (Å²) >= 11 is 2.94. The number of thiazole rings is 1. The van der Waals surface area contributed by atoms with Gasteiger partial charge in [-0.3, -0.25) is 9.69 Å². The van der Waals surface area contributed by atoms with Crippen LogP contribution in [0.15, 0.2) is 41.8 Å². The van der Waals surface area contributed by atoms with Crippen LogP contribution in [0.1, 0.15) is 18.7 Å². The quantitative estimate of drug-likeness (QED) is 0.584. The fourth-order valence-electron chi connectivity index (χ4n) is 2.80. The third-order valence-electron chi connectivity index (χ3n) is 4.46. The van der Waals surface area contributed by atoms with Crippen LogP contribution in [0.25, 0.3) is 16.3 Å². The van der Waals surface area contributed by atoms with E-state index in [1.807, 2.05) is 23.6 Å². The van der Waals surface area contributed by atoms with E-state index in [1.54, 1.807) is 28.4 Å². The average molecular weight is 405 g/mol. The predicted octanol–water partition coefficient (Wildman–Crippen LogP) is 3.47. The molecule has 0 unspecified atom stereocenters. The topological polar surface area (TPSA) is 37.6 Å². The highest BCUT2D eigenvalue weighted by molar-refractivity contribution is 7.22. The molecule has 0 aliphatic carbocycles. The number of rotatable bonds is 8. The minimum absolute atomic E-state index is 0.102. The number of aromatic nitrogens is 1. The Morgan fingerprint density at radius 1 is 1.30 bits per heavy atom. The summed E-state index contributed by atoms with van der Waals surface area (Å²) in [7, 11) is 0. The minimum atomic E-state index is -0.291. The number of fused-ring (bicyclic) bond motifs is 1. The maximum atomic E-state index is 13.5. The van der Waals surface area contributed by atoms with Crippen molar-refractivity contribution in [3.05, 3.63) is 52.5 Å². The summed E-state index contributed by atoms with van der Waals surface area (Å²) in [5.74, 6) is -0.393. The SMILES string of the molecule is CC[NH+](CC)CCN(C(=O)/C=C/c1cccs1)c1nc2ccc(F)cc2s1. The molecule has 3 rings (SSSR count). The number of anilines is 1. The molecule has 0 radical (unpaired) electrons. The lowest BCUT2D eigenvalue weighted by Gasteiger charge is -2.21. The van der Waals surface area contributed by atoms with Crippen LogP contribution in [0.3, 0.4) is 0 Å². The maximum absolute atomic E-state index is 13.5. The molecule has 0 spiro atoms. The Labute approximate surface area is 166 Å². The van der Waals surface area contributed by atoms with Crippen molar-refractivity contribution in [2.24, 2.45) is 0 Å². The smallest absolute Gasteiger partial charge is 0.253 e. The van der Waals surface area contributed by atoms with Crippen molar-refractivity contribution in [2.75, 3.05) is 31.1 Å². The Morgan fingerprint density at radius 3 is 2.81 bits per heavy atom. The largest absolute Gasteiger partial charge is 0.334 e. The van der Waals surface area contributed by atoms with E-state index in [0.717, 1.165) is 29.2 Å². The molecular weight excluding hydrogens is 381 g/mol. The number of hydrogen-bond donors (Lipinski definition) is 1. The average Bonchev–Trinajstić information content (AvgIpc) is 3.32. The summed E-state index contributed by atoms with van der Waals surface area (Å²) in [5, 5.41) is 2.59. The number of likely N-dealkylation sites (N-methyl/N-ethyl adjacent to an activating group) is 1. The van der Waals surface area contributed by atoms with Gasteiger partial charge in [-0.05, 0) is 49.6 Å². The Kier molecular flexibility index (Phi) is 6.71. The van der Waals surface area contributed by atoms with Crippen LogP contribution in [0.2, 0.25) is 0 Å². The van der Waals surface area contributed by atoms with Gasteiger partial charge < -0.3 is 4.90 Å². The van der Waals surface area contributed by atoms with E-state index >= 15 is 0 Å². The van der Waals surface area contributed by atoms with E-state index < -0.39 is 0 Å². The standard InChI is InChI=1S/C20H22FN3OS2/c1-3-23(4-2)11-12-24(19(25)10-8-16-6-5-13-26-16)20-22-17-9-7-15(21)14-18(17)27-20/h5-10,13-14H,3-4,11-12H2,1-2H3/p+1/b10-8+. The number of halogens is 1. The van der Waals surface area contributed by atoms with Gasteiger partial charge in [-0.25, -0.2) is 9.37 Å². The number of nitrogens with zero attached hydrogens (tertiary/aromatic N) is 2. The number of nitrogens with one attached hydrogen (secondary N) is 1. The summed E-state index contributed by atoms with van der Waals surface area (Å²) < 4.78 is 14.3. The molecule has 1 aromatic carbocycles. The third-order valence-corrected chi connectivity index (χ3v) is 6.34. The second-order valence-corrected chi connectivity index (χ2v) is 8.14. The number of thiophene rings is 1. The Hall–Kier alpha value is -2.09. The van der Waals surface area contributed by atoms with Gasteiger partial charge in [0.1, 0.15) is 5.82 Å². The first-order valence-electron chi connectivity index (χ1n) is 9.03. The van der Waals surface area contributed by atoms with Crippen LogP contribution >= 0.6 is 22.7 Å². The molecular formula is C20H23FN3OS2+. The predicted molar refractivity (Wildman–Crippen MR) is 112 cm³/mol. The van der Waals surface area contributed by atoms with Crippen molar-refractivity contribution in [3.8, 4) is 0 Å². The molecule has 0 saturated heterocycles. The van der Waals surface area contributed by atoms with E-state index in [2.05, 4.69) is 18.8 Å². The third kappa shape index (κ3) is 5.00. The van der Waals surface area contributed by atoms with E-state index in [0.29, 0.717) is 17.2 Å². The number of amides is 1. The summed E-state index contributed by atoms with van der Waals surface area (Å²) in [6, 6.07) is 8.45. The van der Waals surface area contributed by atoms with Gasteiger partial charge in [0.05, 0.1) is 36.4 Å². The molecule has 1 N–H and O–H groups in total. The normalized spacial score (nSPS) is 11.7. The Bertz CT molecular complexity index is 917. The van der Waals surface area contributed by atoms with Crippen LogP contribution in [0.5, 0.6) is 0 Å². The minimum Gasteiger partial charge on any atom is -0.334 e. The molecule has 7 heteroatoms. The molecule has 1 amide bonds. The van der Waals surface area contributed by atoms with Gasteiger partial charge in [-0.2, -0.15) is 0 Å². The first-order chi connectivity index (χ1) is 13.1. The van der Waals surface area contributed by atoms with E-state index in [4.69, 9.17) is 0 Å².